The topological polar surface area (TPSA) is 70.0 Å². The minimum Gasteiger partial charge on any atom is -0.295 e. The van der Waals surface area contributed by atoms with Crippen molar-refractivity contribution in [2.75, 3.05) is 0 Å². The number of nitrogens with zero attached hydrogens (tertiary/aromatic N) is 1. The maximum Gasteiger partial charge on any atom is 0.244 e. The average molecular weight is 262 g/mol. The van der Waals surface area contributed by atoms with Gasteiger partial charge in [0.2, 0.25) is 11.8 Å². The Kier molecular flexibility index (Phi) is 6.88. The van der Waals surface area contributed by atoms with Crippen molar-refractivity contribution >= 4 is 11.8 Å². The van der Waals surface area contributed by atoms with Crippen LogP contribution in [0.3, 0.4) is 0 Å². The highest BCUT2D eigenvalue weighted by Crippen LogP contribution is 2.26. The Bertz CT molecular complexity index is 371. The molecule has 2 unspecified atom stereocenters. The maximum absolute atomic E-state index is 11.5. The van der Waals surface area contributed by atoms with E-state index in [2.05, 4.69) is 11.9 Å². The van der Waals surface area contributed by atoms with Gasteiger partial charge in [0.1, 0.15) is 5.92 Å². The van der Waals surface area contributed by atoms with Gasteiger partial charge in [0.05, 0.1) is 6.07 Å². The maximum atomic E-state index is 11.5. The van der Waals surface area contributed by atoms with Crippen molar-refractivity contribution in [2.24, 2.45) is 11.8 Å². The number of hydrogen-bond donors (Lipinski definition) is 1. The molecule has 1 N–H and O–H groups in total. The zero-order valence-electron chi connectivity index (χ0n) is 11.4. The summed E-state index contributed by atoms with van der Waals surface area (Å²) in [6.07, 6.45) is 9.71. The molecule has 1 fully saturated rings. The van der Waals surface area contributed by atoms with Crippen LogP contribution in [0.25, 0.3) is 0 Å². The van der Waals surface area contributed by atoms with E-state index in [0.717, 1.165) is 32.1 Å². The predicted molar refractivity (Wildman–Crippen MR) is 72.9 cm³/mol. The molecule has 1 saturated heterocycles. The third-order valence-electron chi connectivity index (χ3n) is 3.59. The minimum absolute atomic E-state index is 0.0978. The second-order valence-corrected chi connectivity index (χ2v) is 5.12. The van der Waals surface area contributed by atoms with E-state index in [1.165, 1.54) is 12.8 Å². The predicted octanol–water partition coefficient (Wildman–Crippen LogP) is 2.71. The van der Waals surface area contributed by atoms with Crippen molar-refractivity contribution in [1.29, 1.82) is 5.26 Å². The molecular formula is C15H22N2O2. The molecule has 0 aromatic heterocycles. The quantitative estimate of drug-likeness (QED) is 0.415. The first kappa shape index (κ1) is 15.4. The highest BCUT2D eigenvalue weighted by atomic mass is 16.2. The van der Waals surface area contributed by atoms with E-state index in [0.29, 0.717) is 6.42 Å². The molecule has 0 aromatic carbocycles. The number of carbonyl (C=O) groups excluding carboxylic acids is 2. The molecule has 1 aliphatic rings. The highest BCUT2D eigenvalue weighted by molar-refractivity contribution is 6.00. The molecule has 4 nitrogen and oxygen atoms in total. The first-order valence-corrected chi connectivity index (χ1v) is 7.03. The number of unbranched alkanes of at least 4 members (excludes halogenated alkanes) is 5. The second-order valence-electron chi connectivity index (χ2n) is 5.12. The SMILES string of the molecule is C=CCCCCCCCC1CC(=O)NC(=O)C1C#N. The number of allylic oxidation sites excluding steroid dienone is 1. The Morgan fingerprint density at radius 1 is 1.26 bits per heavy atom. The number of imide groups is 1. The molecule has 104 valence electrons. The van der Waals surface area contributed by atoms with Crippen LogP contribution in [0.4, 0.5) is 0 Å². The van der Waals surface area contributed by atoms with Crippen LogP contribution in [-0.2, 0) is 9.59 Å². The lowest BCUT2D eigenvalue weighted by Crippen LogP contribution is -2.45. The van der Waals surface area contributed by atoms with Gasteiger partial charge in [-0.3, -0.25) is 14.9 Å². The summed E-state index contributed by atoms with van der Waals surface area (Å²) >= 11 is 0. The molecule has 0 spiro atoms. The van der Waals surface area contributed by atoms with Gasteiger partial charge in [-0.1, -0.05) is 31.8 Å². The van der Waals surface area contributed by atoms with E-state index in [9.17, 15) is 9.59 Å². The summed E-state index contributed by atoms with van der Waals surface area (Å²) in [6.45, 7) is 3.69. The monoisotopic (exact) mass is 262 g/mol. The van der Waals surface area contributed by atoms with Gasteiger partial charge in [-0.2, -0.15) is 5.26 Å². The molecule has 2 atom stereocenters. The van der Waals surface area contributed by atoms with Crippen molar-refractivity contribution in [1.82, 2.24) is 5.32 Å². The summed E-state index contributed by atoms with van der Waals surface area (Å²) in [6, 6.07) is 2.02. The molecule has 0 saturated carbocycles. The smallest absolute Gasteiger partial charge is 0.244 e. The number of rotatable bonds is 8. The minimum atomic E-state index is -0.654. The van der Waals surface area contributed by atoms with Crippen LogP contribution in [0.2, 0.25) is 0 Å². The lowest BCUT2D eigenvalue weighted by molar-refractivity contribution is -0.137. The molecular weight excluding hydrogens is 240 g/mol. The highest BCUT2D eigenvalue weighted by Gasteiger charge is 2.35. The van der Waals surface area contributed by atoms with Crippen LogP contribution in [0.1, 0.15) is 51.4 Å². The number of hydrogen-bond acceptors (Lipinski definition) is 3. The van der Waals surface area contributed by atoms with Crippen LogP contribution in [0.5, 0.6) is 0 Å². The first-order chi connectivity index (χ1) is 9.19. The molecule has 0 radical (unpaired) electrons. The van der Waals surface area contributed by atoms with Crippen molar-refractivity contribution < 1.29 is 9.59 Å². The fourth-order valence-corrected chi connectivity index (χ4v) is 2.49. The molecule has 19 heavy (non-hydrogen) atoms. The van der Waals surface area contributed by atoms with Gasteiger partial charge in [0, 0.05) is 6.42 Å². The lowest BCUT2D eigenvalue weighted by Gasteiger charge is -2.25. The lowest BCUT2D eigenvalue weighted by atomic mass is 9.82. The second kappa shape index (κ2) is 8.47. The molecule has 2 amide bonds. The van der Waals surface area contributed by atoms with Crippen LogP contribution in [0, 0.1) is 23.2 Å². The Hall–Kier alpha value is -1.63. The van der Waals surface area contributed by atoms with Crippen LogP contribution < -0.4 is 5.32 Å². The first-order valence-electron chi connectivity index (χ1n) is 7.03. The summed E-state index contributed by atoms with van der Waals surface area (Å²) in [5.74, 6) is -1.42. The number of piperidine rings is 1. The van der Waals surface area contributed by atoms with Crippen LogP contribution >= 0.6 is 0 Å². The van der Waals surface area contributed by atoms with E-state index < -0.39 is 11.8 Å². The summed E-state index contributed by atoms with van der Waals surface area (Å²) in [7, 11) is 0. The fourth-order valence-electron chi connectivity index (χ4n) is 2.49. The van der Waals surface area contributed by atoms with E-state index in [1.54, 1.807) is 0 Å². The van der Waals surface area contributed by atoms with E-state index in [4.69, 9.17) is 5.26 Å². The molecule has 1 heterocycles. The fraction of sp³-hybridized carbons (Fsp3) is 0.667. The number of amides is 2. The number of nitrogens with one attached hydrogen (secondary N) is 1. The Morgan fingerprint density at radius 2 is 1.95 bits per heavy atom. The Morgan fingerprint density at radius 3 is 2.63 bits per heavy atom. The van der Waals surface area contributed by atoms with Crippen molar-refractivity contribution in [3.8, 4) is 6.07 Å². The van der Waals surface area contributed by atoms with Gasteiger partial charge in [-0.05, 0) is 25.2 Å². The third kappa shape index (κ3) is 5.25. The van der Waals surface area contributed by atoms with Crippen LogP contribution in [0.15, 0.2) is 12.7 Å². The van der Waals surface area contributed by atoms with Gasteiger partial charge < -0.3 is 0 Å². The zero-order valence-corrected chi connectivity index (χ0v) is 11.4. The number of nitriles is 1. The summed E-state index contributed by atoms with van der Waals surface area (Å²) in [5.41, 5.74) is 0. The summed E-state index contributed by atoms with van der Waals surface area (Å²) < 4.78 is 0. The van der Waals surface area contributed by atoms with Gasteiger partial charge in [0.25, 0.3) is 0 Å². The molecule has 1 rings (SSSR count). The van der Waals surface area contributed by atoms with Gasteiger partial charge >= 0.3 is 0 Å². The molecule has 1 aliphatic heterocycles. The van der Waals surface area contributed by atoms with Crippen LogP contribution in [-0.4, -0.2) is 11.8 Å². The van der Waals surface area contributed by atoms with E-state index in [1.807, 2.05) is 12.1 Å². The van der Waals surface area contributed by atoms with Crippen molar-refractivity contribution in [2.45, 2.75) is 51.4 Å². The molecule has 0 aromatic rings. The van der Waals surface area contributed by atoms with E-state index in [-0.39, 0.29) is 11.8 Å². The standard InChI is InChI=1S/C15H22N2O2/c1-2-3-4-5-6-7-8-9-12-10-14(18)17-15(19)13(12)11-16/h2,12-13H,1,3-10H2,(H,17,18,19). The van der Waals surface area contributed by atoms with Crippen molar-refractivity contribution in [3.63, 3.8) is 0 Å². The largest absolute Gasteiger partial charge is 0.295 e. The summed E-state index contributed by atoms with van der Waals surface area (Å²) in [4.78, 5) is 22.8. The van der Waals surface area contributed by atoms with Gasteiger partial charge in [-0.25, -0.2) is 0 Å². The van der Waals surface area contributed by atoms with Gasteiger partial charge in [-0.15, -0.1) is 6.58 Å². The zero-order chi connectivity index (χ0) is 14.1. The Balaban J connectivity index is 2.23. The third-order valence-corrected chi connectivity index (χ3v) is 3.59. The van der Waals surface area contributed by atoms with Gasteiger partial charge in [0.15, 0.2) is 0 Å². The number of carbonyl (C=O) groups is 2. The average Bonchev–Trinajstić information content (AvgIpc) is 2.37. The van der Waals surface area contributed by atoms with Crippen molar-refractivity contribution in [3.05, 3.63) is 12.7 Å². The molecule has 0 bridgehead atoms. The molecule has 0 aliphatic carbocycles. The normalized spacial score (nSPS) is 22.7. The van der Waals surface area contributed by atoms with E-state index >= 15 is 0 Å². The molecule has 4 heteroatoms. The summed E-state index contributed by atoms with van der Waals surface area (Å²) in [5, 5.41) is 11.2. The Labute approximate surface area is 114 Å².